The number of aryl methyl sites for hydroxylation is 1. The first kappa shape index (κ1) is 19.1. The van der Waals surface area contributed by atoms with Crippen LogP contribution >= 0.6 is 0 Å². The molecule has 1 saturated heterocycles. The van der Waals surface area contributed by atoms with Crippen LogP contribution in [0.25, 0.3) is 0 Å². The molecule has 3 rings (SSSR count). The molecule has 1 atom stereocenters. The predicted octanol–water partition coefficient (Wildman–Crippen LogP) is 0.606. The van der Waals surface area contributed by atoms with Crippen molar-refractivity contribution < 1.29 is 23.8 Å². The maximum atomic E-state index is 12.3. The van der Waals surface area contributed by atoms with E-state index in [0.29, 0.717) is 31.2 Å². The second-order valence-corrected chi connectivity index (χ2v) is 6.39. The number of carbonyl (C=O) groups is 1. The minimum absolute atomic E-state index is 0.0414. The number of hydrogen-bond acceptors (Lipinski definition) is 8. The van der Waals surface area contributed by atoms with Gasteiger partial charge in [0.25, 0.3) is 0 Å². The minimum Gasteiger partial charge on any atom is -0.502 e. The van der Waals surface area contributed by atoms with Crippen molar-refractivity contribution in [3.8, 4) is 5.75 Å². The Kier molecular flexibility index (Phi) is 5.92. The zero-order chi connectivity index (χ0) is 19.4. The van der Waals surface area contributed by atoms with Gasteiger partial charge in [0.2, 0.25) is 11.2 Å². The molecule has 2 aromatic rings. The van der Waals surface area contributed by atoms with E-state index >= 15 is 0 Å². The van der Waals surface area contributed by atoms with E-state index in [4.69, 9.17) is 13.9 Å². The molecule has 3 heterocycles. The van der Waals surface area contributed by atoms with Gasteiger partial charge in [0.15, 0.2) is 5.76 Å². The zero-order valence-corrected chi connectivity index (χ0v) is 15.4. The zero-order valence-electron chi connectivity index (χ0n) is 15.4. The van der Waals surface area contributed by atoms with Gasteiger partial charge in [0.1, 0.15) is 5.76 Å². The number of carbonyl (C=O) groups excluding carboxylic acids is 1. The van der Waals surface area contributed by atoms with Crippen LogP contribution in [-0.2, 0) is 27.9 Å². The van der Waals surface area contributed by atoms with Crippen LogP contribution in [0, 0.1) is 0 Å². The van der Waals surface area contributed by atoms with Gasteiger partial charge in [-0.05, 0) is 6.07 Å². The fourth-order valence-electron chi connectivity index (χ4n) is 3.16. The summed E-state index contributed by atoms with van der Waals surface area (Å²) in [4.78, 5) is 26.3. The molecule has 1 aliphatic rings. The van der Waals surface area contributed by atoms with Gasteiger partial charge in [-0.1, -0.05) is 0 Å². The van der Waals surface area contributed by atoms with Crippen LogP contribution in [0.5, 0.6) is 5.75 Å². The SMILES string of the molecule is COC(=O)C[C@H](c1oc(CN2CCOCC2)cc(=O)c1O)c1ccnn1C. The summed E-state index contributed by atoms with van der Waals surface area (Å²) in [5.74, 6) is -1.22. The van der Waals surface area contributed by atoms with E-state index in [0.717, 1.165) is 13.1 Å². The second kappa shape index (κ2) is 8.36. The fourth-order valence-corrected chi connectivity index (χ4v) is 3.16. The van der Waals surface area contributed by atoms with Crippen LogP contribution in [0.2, 0.25) is 0 Å². The molecular weight excluding hydrogens is 354 g/mol. The predicted molar refractivity (Wildman–Crippen MR) is 94.4 cm³/mol. The standard InChI is InChI=1S/C18H23N3O6/c1-20-14(3-4-19-20)13(10-16(23)25-2)18-17(24)15(22)9-12(27-18)11-21-5-7-26-8-6-21/h3-4,9,13,24H,5-8,10-11H2,1-2H3/t13-/m0/s1. The molecule has 1 aliphatic heterocycles. The van der Waals surface area contributed by atoms with Crippen molar-refractivity contribution in [3.05, 3.63) is 45.8 Å². The summed E-state index contributed by atoms with van der Waals surface area (Å²) in [7, 11) is 3.00. The van der Waals surface area contributed by atoms with E-state index in [1.165, 1.54) is 13.2 Å². The molecule has 0 radical (unpaired) electrons. The Morgan fingerprint density at radius 3 is 2.78 bits per heavy atom. The smallest absolute Gasteiger partial charge is 0.306 e. The number of rotatable bonds is 6. The number of aromatic hydroxyl groups is 1. The Morgan fingerprint density at radius 2 is 2.15 bits per heavy atom. The first-order valence-electron chi connectivity index (χ1n) is 8.70. The van der Waals surface area contributed by atoms with Gasteiger partial charge >= 0.3 is 5.97 Å². The molecule has 1 fully saturated rings. The van der Waals surface area contributed by atoms with Crippen LogP contribution in [0.4, 0.5) is 0 Å². The lowest BCUT2D eigenvalue weighted by Gasteiger charge is -2.26. The van der Waals surface area contributed by atoms with Crippen LogP contribution in [0.15, 0.2) is 27.5 Å². The molecule has 1 N–H and O–H groups in total. The highest BCUT2D eigenvalue weighted by atomic mass is 16.5. The van der Waals surface area contributed by atoms with Gasteiger partial charge in [-0.3, -0.25) is 19.2 Å². The molecule has 0 amide bonds. The van der Waals surface area contributed by atoms with E-state index in [-0.39, 0.29) is 12.2 Å². The lowest BCUT2D eigenvalue weighted by molar-refractivity contribution is -0.141. The van der Waals surface area contributed by atoms with Gasteiger partial charge < -0.3 is 19.0 Å². The van der Waals surface area contributed by atoms with Gasteiger partial charge in [-0.25, -0.2) is 0 Å². The highest BCUT2D eigenvalue weighted by Gasteiger charge is 2.29. The van der Waals surface area contributed by atoms with Crippen molar-refractivity contribution in [1.29, 1.82) is 0 Å². The number of esters is 1. The number of nitrogens with zero attached hydrogens (tertiary/aromatic N) is 3. The summed E-state index contributed by atoms with van der Waals surface area (Å²) in [5.41, 5.74) is 0.0823. The van der Waals surface area contributed by atoms with Crippen LogP contribution in [-0.4, -0.2) is 59.2 Å². The number of morpholine rings is 1. The summed E-state index contributed by atoms with van der Waals surface area (Å²) in [6.45, 7) is 3.12. The summed E-state index contributed by atoms with van der Waals surface area (Å²) >= 11 is 0. The second-order valence-electron chi connectivity index (χ2n) is 6.39. The van der Waals surface area contributed by atoms with E-state index in [1.54, 1.807) is 24.0 Å². The minimum atomic E-state index is -0.692. The number of hydrogen-bond donors (Lipinski definition) is 1. The van der Waals surface area contributed by atoms with Crippen LogP contribution in [0.1, 0.15) is 29.6 Å². The maximum absolute atomic E-state index is 12.3. The lowest BCUT2D eigenvalue weighted by atomic mass is 9.97. The fraction of sp³-hybridized carbons (Fsp3) is 0.500. The average Bonchev–Trinajstić information content (AvgIpc) is 3.09. The molecule has 27 heavy (non-hydrogen) atoms. The Hall–Kier alpha value is -2.65. The largest absolute Gasteiger partial charge is 0.502 e. The molecule has 0 saturated carbocycles. The average molecular weight is 377 g/mol. The van der Waals surface area contributed by atoms with E-state index < -0.39 is 23.1 Å². The Labute approximate surface area is 156 Å². The molecule has 9 nitrogen and oxygen atoms in total. The summed E-state index contributed by atoms with van der Waals surface area (Å²) < 4.78 is 17.6. The van der Waals surface area contributed by atoms with Crippen molar-refractivity contribution in [1.82, 2.24) is 14.7 Å². The number of methoxy groups -OCH3 is 1. The van der Waals surface area contributed by atoms with Crippen LogP contribution in [0.3, 0.4) is 0 Å². The molecule has 0 bridgehead atoms. The molecule has 0 unspecified atom stereocenters. The van der Waals surface area contributed by atoms with Crippen molar-refractivity contribution in [2.24, 2.45) is 7.05 Å². The normalized spacial score (nSPS) is 16.2. The Morgan fingerprint density at radius 1 is 1.41 bits per heavy atom. The quantitative estimate of drug-likeness (QED) is 0.730. The lowest BCUT2D eigenvalue weighted by Crippen LogP contribution is -2.35. The van der Waals surface area contributed by atoms with Crippen molar-refractivity contribution in [2.45, 2.75) is 18.9 Å². The van der Waals surface area contributed by atoms with E-state index in [1.807, 2.05) is 0 Å². The van der Waals surface area contributed by atoms with Gasteiger partial charge in [0.05, 0.1) is 39.2 Å². The summed E-state index contributed by atoms with van der Waals surface area (Å²) in [6.07, 6.45) is 1.49. The Bertz CT molecular complexity index is 853. The van der Waals surface area contributed by atoms with Crippen LogP contribution < -0.4 is 5.43 Å². The molecule has 0 spiro atoms. The molecule has 146 valence electrons. The van der Waals surface area contributed by atoms with Crippen molar-refractivity contribution >= 4 is 5.97 Å². The Balaban J connectivity index is 1.98. The third-order valence-electron chi connectivity index (χ3n) is 4.61. The third-order valence-corrected chi connectivity index (χ3v) is 4.61. The van der Waals surface area contributed by atoms with Gasteiger partial charge in [-0.15, -0.1) is 0 Å². The highest BCUT2D eigenvalue weighted by Crippen LogP contribution is 2.33. The van der Waals surface area contributed by atoms with Gasteiger partial charge in [-0.2, -0.15) is 5.10 Å². The van der Waals surface area contributed by atoms with Crippen molar-refractivity contribution in [2.75, 3.05) is 33.4 Å². The molecule has 0 aromatic carbocycles. The summed E-state index contributed by atoms with van der Waals surface area (Å²) in [6, 6.07) is 2.99. The third kappa shape index (κ3) is 4.37. The summed E-state index contributed by atoms with van der Waals surface area (Å²) in [5, 5.41) is 14.5. The maximum Gasteiger partial charge on any atom is 0.306 e. The molecule has 2 aromatic heterocycles. The van der Waals surface area contributed by atoms with Gasteiger partial charge in [0, 0.05) is 38.1 Å². The first-order valence-corrected chi connectivity index (χ1v) is 8.70. The van der Waals surface area contributed by atoms with E-state index in [2.05, 4.69) is 10.00 Å². The molecular formula is C18H23N3O6. The molecule has 9 heteroatoms. The first-order chi connectivity index (χ1) is 13.0. The van der Waals surface area contributed by atoms with Crippen molar-refractivity contribution in [3.63, 3.8) is 0 Å². The number of ether oxygens (including phenoxy) is 2. The highest BCUT2D eigenvalue weighted by molar-refractivity contribution is 5.71. The number of aromatic nitrogens is 2. The topological polar surface area (TPSA) is 107 Å². The monoisotopic (exact) mass is 377 g/mol. The molecule has 0 aliphatic carbocycles. The van der Waals surface area contributed by atoms with E-state index in [9.17, 15) is 14.7 Å².